The fourth-order valence-electron chi connectivity index (χ4n) is 3.15. The first-order valence-electron chi connectivity index (χ1n) is 7.26. The lowest BCUT2D eigenvalue weighted by molar-refractivity contribution is -0.118. The number of H-pyrrole nitrogens is 1. The lowest BCUT2D eigenvalue weighted by atomic mass is 10.0. The monoisotopic (exact) mass is 287 g/mol. The first kappa shape index (κ1) is 14.1. The Hall–Kier alpha value is -1.88. The third-order valence-electron chi connectivity index (χ3n) is 3.78. The summed E-state index contributed by atoms with van der Waals surface area (Å²) < 4.78 is 5.87. The van der Waals surface area contributed by atoms with Gasteiger partial charge in [0, 0.05) is 18.5 Å². The molecule has 1 amide bonds. The predicted molar refractivity (Wildman–Crippen MR) is 81.4 cm³/mol. The third-order valence-corrected chi connectivity index (χ3v) is 3.78. The summed E-state index contributed by atoms with van der Waals surface area (Å²) in [7, 11) is 0. The fraction of sp³-hybridized carbons (Fsp3) is 0.500. The zero-order valence-corrected chi connectivity index (χ0v) is 12.9. The number of nitrogens with one attached hydrogen (secondary N) is 1. The van der Waals surface area contributed by atoms with Crippen LogP contribution in [0.5, 0.6) is 0 Å². The Morgan fingerprint density at radius 1 is 1.48 bits per heavy atom. The number of benzene rings is 1. The van der Waals surface area contributed by atoms with Gasteiger partial charge >= 0.3 is 0 Å². The summed E-state index contributed by atoms with van der Waals surface area (Å²) in [6, 6.07) is 3.96. The number of aromatic nitrogens is 2. The molecule has 112 valence electrons. The molecule has 0 aliphatic carbocycles. The molecule has 0 radical (unpaired) electrons. The van der Waals surface area contributed by atoms with E-state index in [9.17, 15) is 4.79 Å². The first-order chi connectivity index (χ1) is 9.85. The van der Waals surface area contributed by atoms with Gasteiger partial charge in [-0.05, 0) is 45.4 Å². The van der Waals surface area contributed by atoms with Gasteiger partial charge in [0.1, 0.15) is 0 Å². The summed E-state index contributed by atoms with van der Waals surface area (Å²) in [5, 5.41) is 7.96. The van der Waals surface area contributed by atoms with Gasteiger partial charge in [-0.3, -0.25) is 9.89 Å². The van der Waals surface area contributed by atoms with Crippen LogP contribution in [0, 0.1) is 6.92 Å². The predicted octanol–water partition coefficient (Wildman–Crippen LogP) is 2.51. The number of carbonyl (C=O) groups is 1. The molecule has 2 heterocycles. The Kier molecular flexibility index (Phi) is 3.24. The highest BCUT2D eigenvalue weighted by Crippen LogP contribution is 2.25. The summed E-state index contributed by atoms with van der Waals surface area (Å²) in [5.74, 6) is 0.0381. The number of carbonyl (C=O) groups excluding carboxylic acids is 1. The quantitative estimate of drug-likeness (QED) is 0.876. The molecule has 5 heteroatoms. The standard InChI is InChI=1S/C16H21N3O2/c1-10-5-12-7-17-18-14(12)13(6-10)15(20)19-8-11(2)21-16(3,4)9-19/h5-7,11H,8-9H2,1-4H3,(H,17,18). The van der Waals surface area contributed by atoms with E-state index in [2.05, 4.69) is 10.2 Å². The summed E-state index contributed by atoms with van der Waals surface area (Å²) in [6.07, 6.45) is 1.80. The minimum atomic E-state index is -0.315. The van der Waals surface area contributed by atoms with E-state index in [0.29, 0.717) is 18.7 Å². The Bertz CT molecular complexity index is 690. The van der Waals surface area contributed by atoms with Gasteiger partial charge in [-0.15, -0.1) is 0 Å². The fourth-order valence-corrected chi connectivity index (χ4v) is 3.15. The molecular weight excluding hydrogens is 266 g/mol. The molecule has 1 atom stereocenters. The summed E-state index contributed by atoms with van der Waals surface area (Å²) in [5.41, 5.74) is 2.24. The van der Waals surface area contributed by atoms with Crippen LogP contribution < -0.4 is 0 Å². The first-order valence-corrected chi connectivity index (χ1v) is 7.26. The zero-order chi connectivity index (χ0) is 15.2. The van der Waals surface area contributed by atoms with Crippen LogP contribution in [0.2, 0.25) is 0 Å². The van der Waals surface area contributed by atoms with E-state index in [0.717, 1.165) is 16.5 Å². The number of fused-ring (bicyclic) bond motifs is 1. The van der Waals surface area contributed by atoms with Crippen molar-refractivity contribution >= 4 is 16.8 Å². The highest BCUT2D eigenvalue weighted by atomic mass is 16.5. The second-order valence-corrected chi connectivity index (χ2v) is 6.52. The van der Waals surface area contributed by atoms with Gasteiger partial charge in [-0.2, -0.15) is 5.10 Å². The van der Waals surface area contributed by atoms with Crippen LogP contribution in [0.25, 0.3) is 10.9 Å². The van der Waals surface area contributed by atoms with E-state index in [-0.39, 0.29) is 17.6 Å². The number of hydrogen-bond donors (Lipinski definition) is 1. The maximum Gasteiger partial charge on any atom is 0.256 e. The summed E-state index contributed by atoms with van der Waals surface area (Å²) in [4.78, 5) is 14.8. The molecule has 1 aliphatic rings. The molecule has 0 saturated carbocycles. The molecular formula is C16H21N3O2. The van der Waals surface area contributed by atoms with E-state index in [4.69, 9.17) is 4.74 Å². The van der Waals surface area contributed by atoms with Crippen molar-refractivity contribution in [2.24, 2.45) is 0 Å². The number of aryl methyl sites for hydroxylation is 1. The maximum absolute atomic E-state index is 12.9. The van der Waals surface area contributed by atoms with Gasteiger partial charge in [0.15, 0.2) is 0 Å². The van der Waals surface area contributed by atoms with Crippen molar-refractivity contribution in [3.63, 3.8) is 0 Å². The van der Waals surface area contributed by atoms with Crippen molar-refractivity contribution in [3.8, 4) is 0 Å². The van der Waals surface area contributed by atoms with Crippen molar-refractivity contribution in [3.05, 3.63) is 29.5 Å². The van der Waals surface area contributed by atoms with E-state index in [1.54, 1.807) is 6.20 Å². The molecule has 1 aromatic heterocycles. The van der Waals surface area contributed by atoms with Gasteiger partial charge in [0.05, 0.1) is 29.0 Å². The van der Waals surface area contributed by atoms with Crippen LogP contribution in [0.4, 0.5) is 0 Å². The van der Waals surface area contributed by atoms with Gasteiger partial charge in [0.2, 0.25) is 0 Å². The Morgan fingerprint density at radius 3 is 2.95 bits per heavy atom. The highest BCUT2D eigenvalue weighted by Gasteiger charge is 2.34. The number of morpholine rings is 1. The number of aromatic amines is 1. The second-order valence-electron chi connectivity index (χ2n) is 6.52. The Labute approximate surface area is 124 Å². The SMILES string of the molecule is Cc1cc(C(=O)N2CC(C)OC(C)(C)C2)c2[nH]ncc2c1. The minimum absolute atomic E-state index is 0.0381. The third kappa shape index (κ3) is 2.65. The molecule has 0 spiro atoms. The van der Waals surface area contributed by atoms with Gasteiger partial charge < -0.3 is 9.64 Å². The van der Waals surface area contributed by atoms with E-state index < -0.39 is 0 Å². The van der Waals surface area contributed by atoms with Crippen LogP contribution in [-0.2, 0) is 4.74 Å². The lowest BCUT2D eigenvalue weighted by Gasteiger charge is -2.41. The van der Waals surface area contributed by atoms with Crippen LogP contribution in [0.3, 0.4) is 0 Å². The summed E-state index contributed by atoms with van der Waals surface area (Å²) in [6.45, 7) is 9.25. The molecule has 5 nitrogen and oxygen atoms in total. The van der Waals surface area contributed by atoms with E-state index in [1.165, 1.54) is 0 Å². The maximum atomic E-state index is 12.9. The smallest absolute Gasteiger partial charge is 0.256 e. The molecule has 0 bridgehead atoms. The molecule has 21 heavy (non-hydrogen) atoms. The second kappa shape index (κ2) is 4.84. The highest BCUT2D eigenvalue weighted by molar-refractivity contribution is 6.05. The number of ether oxygens (including phenoxy) is 1. The topological polar surface area (TPSA) is 58.2 Å². The average molecular weight is 287 g/mol. The number of hydrogen-bond acceptors (Lipinski definition) is 3. The zero-order valence-electron chi connectivity index (χ0n) is 12.9. The number of rotatable bonds is 1. The Morgan fingerprint density at radius 2 is 2.24 bits per heavy atom. The molecule has 1 aromatic carbocycles. The van der Waals surface area contributed by atoms with Crippen molar-refractivity contribution in [2.75, 3.05) is 13.1 Å². The van der Waals surface area contributed by atoms with E-state index in [1.807, 2.05) is 44.7 Å². The van der Waals surface area contributed by atoms with Crippen LogP contribution in [-0.4, -0.2) is 45.8 Å². The van der Waals surface area contributed by atoms with Crippen LogP contribution in [0.15, 0.2) is 18.3 Å². The van der Waals surface area contributed by atoms with Crippen molar-refractivity contribution < 1.29 is 9.53 Å². The molecule has 1 saturated heterocycles. The minimum Gasteiger partial charge on any atom is -0.369 e. The lowest BCUT2D eigenvalue weighted by Crippen LogP contribution is -2.53. The molecule has 1 N–H and O–H groups in total. The number of amides is 1. The summed E-state index contributed by atoms with van der Waals surface area (Å²) >= 11 is 0. The molecule has 1 unspecified atom stereocenters. The largest absolute Gasteiger partial charge is 0.369 e. The van der Waals surface area contributed by atoms with Crippen LogP contribution in [0.1, 0.15) is 36.7 Å². The number of nitrogens with zero attached hydrogens (tertiary/aromatic N) is 2. The van der Waals surface area contributed by atoms with E-state index >= 15 is 0 Å². The average Bonchev–Trinajstić information content (AvgIpc) is 2.82. The van der Waals surface area contributed by atoms with Crippen molar-refractivity contribution in [2.45, 2.75) is 39.4 Å². The van der Waals surface area contributed by atoms with Gasteiger partial charge in [0.25, 0.3) is 5.91 Å². The molecule has 1 fully saturated rings. The molecule has 3 rings (SSSR count). The normalized spacial score (nSPS) is 21.7. The molecule has 2 aromatic rings. The Balaban J connectivity index is 1.98. The van der Waals surface area contributed by atoms with Crippen molar-refractivity contribution in [1.82, 2.24) is 15.1 Å². The van der Waals surface area contributed by atoms with Crippen LogP contribution >= 0.6 is 0 Å². The molecule has 1 aliphatic heterocycles. The van der Waals surface area contributed by atoms with Gasteiger partial charge in [-0.1, -0.05) is 0 Å². The van der Waals surface area contributed by atoms with Crippen molar-refractivity contribution in [1.29, 1.82) is 0 Å². The van der Waals surface area contributed by atoms with Gasteiger partial charge in [-0.25, -0.2) is 0 Å².